The van der Waals surface area contributed by atoms with E-state index in [4.69, 9.17) is 9.72 Å². The first-order valence-electron chi connectivity index (χ1n) is 13.2. The highest BCUT2D eigenvalue weighted by molar-refractivity contribution is 5.75. The number of aromatic nitrogens is 1. The molecule has 1 saturated carbocycles. The summed E-state index contributed by atoms with van der Waals surface area (Å²) >= 11 is 0. The molecule has 0 aliphatic heterocycles. The molecule has 1 fully saturated rings. The molecule has 7 heteroatoms. The second kappa shape index (κ2) is 10.1. The molecule has 0 saturated heterocycles. The van der Waals surface area contributed by atoms with Crippen molar-refractivity contribution in [3.05, 3.63) is 88.0 Å². The van der Waals surface area contributed by atoms with Gasteiger partial charge < -0.3 is 9.84 Å². The Hall–Kier alpha value is -2.77. The molecule has 5 rings (SSSR count). The number of pyridine rings is 1. The van der Waals surface area contributed by atoms with E-state index in [1.165, 1.54) is 31.4 Å². The van der Waals surface area contributed by atoms with Crippen molar-refractivity contribution in [2.75, 3.05) is 7.11 Å². The van der Waals surface area contributed by atoms with Crippen molar-refractivity contribution < 1.29 is 27.4 Å². The van der Waals surface area contributed by atoms with E-state index in [1.54, 1.807) is 12.1 Å². The number of rotatable bonds is 5. The molecule has 2 aliphatic rings. The van der Waals surface area contributed by atoms with Gasteiger partial charge in [-0.25, -0.2) is 4.39 Å². The van der Waals surface area contributed by atoms with Crippen molar-refractivity contribution in [2.24, 2.45) is 5.41 Å². The van der Waals surface area contributed by atoms with E-state index in [9.17, 15) is 22.7 Å². The monoisotopic (exact) mass is 527 g/mol. The molecule has 1 heterocycles. The average molecular weight is 528 g/mol. The molecule has 0 radical (unpaired) electrons. The fourth-order valence-electron chi connectivity index (χ4n) is 6.30. The van der Waals surface area contributed by atoms with Crippen LogP contribution in [-0.2, 0) is 17.3 Å². The van der Waals surface area contributed by atoms with E-state index in [-0.39, 0.29) is 17.2 Å². The molecule has 1 aromatic heterocycles. The Labute approximate surface area is 220 Å². The Kier molecular flexibility index (Phi) is 7.12. The number of ether oxygens (including phenoxy) is 1. The predicted molar refractivity (Wildman–Crippen MR) is 138 cm³/mol. The molecule has 2 unspecified atom stereocenters. The highest BCUT2D eigenvalue weighted by atomic mass is 19.4. The molecule has 2 atom stereocenters. The zero-order valence-electron chi connectivity index (χ0n) is 21.9. The summed E-state index contributed by atoms with van der Waals surface area (Å²) in [5, 5.41) is 11.4. The summed E-state index contributed by atoms with van der Waals surface area (Å²) in [6.07, 6.45) is -0.674. The van der Waals surface area contributed by atoms with Gasteiger partial charge in [-0.05, 0) is 72.1 Å². The number of hydrogen-bond acceptors (Lipinski definition) is 3. The maximum atomic E-state index is 14.0. The highest BCUT2D eigenvalue weighted by Gasteiger charge is 2.39. The quantitative estimate of drug-likeness (QED) is 0.339. The molecule has 2 aromatic carbocycles. The number of methoxy groups -OCH3 is 1. The lowest BCUT2D eigenvalue weighted by Gasteiger charge is -2.38. The highest BCUT2D eigenvalue weighted by Crippen LogP contribution is 2.50. The van der Waals surface area contributed by atoms with Crippen molar-refractivity contribution in [3.8, 4) is 11.1 Å². The Morgan fingerprint density at radius 2 is 1.63 bits per heavy atom. The van der Waals surface area contributed by atoms with E-state index in [0.29, 0.717) is 24.0 Å². The SMILES string of the molecule is COC(c1ccc(C(F)(F)F)cc1)c1c(C2CCCC2)nc2c(c1-c1ccc(F)cc1)C(O)CC(C)(C)C2. The van der Waals surface area contributed by atoms with Gasteiger partial charge in [0, 0.05) is 29.8 Å². The van der Waals surface area contributed by atoms with Crippen LogP contribution in [0.3, 0.4) is 0 Å². The molecule has 38 heavy (non-hydrogen) atoms. The maximum Gasteiger partial charge on any atom is 0.416 e. The summed E-state index contributed by atoms with van der Waals surface area (Å²) in [6.45, 7) is 4.23. The lowest BCUT2D eigenvalue weighted by atomic mass is 9.71. The van der Waals surface area contributed by atoms with Crippen LogP contribution in [0.2, 0.25) is 0 Å². The van der Waals surface area contributed by atoms with Crippen LogP contribution in [0.5, 0.6) is 0 Å². The van der Waals surface area contributed by atoms with Crippen LogP contribution in [-0.4, -0.2) is 17.2 Å². The first kappa shape index (κ1) is 26.8. The van der Waals surface area contributed by atoms with Crippen LogP contribution in [0.4, 0.5) is 17.6 Å². The minimum atomic E-state index is -4.44. The topological polar surface area (TPSA) is 42.4 Å². The summed E-state index contributed by atoms with van der Waals surface area (Å²) in [4.78, 5) is 5.20. The van der Waals surface area contributed by atoms with Gasteiger partial charge in [0.2, 0.25) is 0 Å². The molecule has 2 aliphatic carbocycles. The minimum absolute atomic E-state index is 0.151. The summed E-state index contributed by atoms with van der Waals surface area (Å²) in [6, 6.07) is 11.2. The van der Waals surface area contributed by atoms with Crippen LogP contribution in [0.25, 0.3) is 11.1 Å². The lowest BCUT2D eigenvalue weighted by Crippen LogP contribution is -2.29. The van der Waals surface area contributed by atoms with Crippen LogP contribution < -0.4 is 0 Å². The zero-order chi connectivity index (χ0) is 27.2. The number of halogens is 4. The van der Waals surface area contributed by atoms with Crippen LogP contribution in [0.1, 0.15) is 97.7 Å². The number of benzene rings is 2. The van der Waals surface area contributed by atoms with E-state index in [2.05, 4.69) is 13.8 Å². The molecule has 202 valence electrons. The van der Waals surface area contributed by atoms with Gasteiger partial charge in [-0.2, -0.15) is 13.2 Å². The molecular formula is C31H33F4NO2. The second-order valence-electron chi connectivity index (χ2n) is 11.4. The summed E-state index contributed by atoms with van der Waals surface area (Å²) in [5.41, 5.74) is 4.34. The minimum Gasteiger partial charge on any atom is -0.388 e. The zero-order valence-corrected chi connectivity index (χ0v) is 21.9. The number of aliphatic hydroxyl groups excluding tert-OH is 1. The van der Waals surface area contributed by atoms with Gasteiger partial charge in [-0.3, -0.25) is 4.98 Å². The number of aliphatic hydroxyl groups is 1. The number of alkyl halides is 3. The van der Waals surface area contributed by atoms with Crippen molar-refractivity contribution in [3.63, 3.8) is 0 Å². The number of fused-ring (bicyclic) bond motifs is 1. The summed E-state index contributed by atoms with van der Waals surface area (Å²) in [5.74, 6) is -0.203. The molecule has 3 aromatic rings. The molecule has 0 bridgehead atoms. The van der Waals surface area contributed by atoms with Gasteiger partial charge in [0.1, 0.15) is 11.9 Å². The fraction of sp³-hybridized carbons (Fsp3) is 0.452. The standard InChI is InChI=1S/C31H33F4NO2/c1-30(2)16-23-26(24(37)17-30)25(18-10-14-22(32)15-11-18)27(28(36-23)19-6-4-5-7-19)29(38-3)20-8-12-21(13-9-20)31(33,34)35/h8-15,19,24,29,37H,4-7,16-17H2,1-3H3. The third kappa shape index (κ3) is 5.10. The average Bonchev–Trinajstić information content (AvgIpc) is 3.39. The Morgan fingerprint density at radius 1 is 1.00 bits per heavy atom. The summed E-state index contributed by atoms with van der Waals surface area (Å²) < 4.78 is 59.9. The third-order valence-electron chi connectivity index (χ3n) is 8.02. The first-order valence-corrected chi connectivity index (χ1v) is 13.2. The van der Waals surface area contributed by atoms with E-state index in [1.807, 2.05) is 0 Å². The van der Waals surface area contributed by atoms with Gasteiger partial charge in [-0.1, -0.05) is 51.0 Å². The van der Waals surface area contributed by atoms with Crippen LogP contribution in [0, 0.1) is 11.2 Å². The van der Waals surface area contributed by atoms with Crippen LogP contribution in [0.15, 0.2) is 48.5 Å². The van der Waals surface area contributed by atoms with E-state index in [0.717, 1.165) is 65.9 Å². The second-order valence-corrected chi connectivity index (χ2v) is 11.4. The maximum absolute atomic E-state index is 14.0. The largest absolute Gasteiger partial charge is 0.416 e. The molecule has 0 spiro atoms. The lowest BCUT2D eigenvalue weighted by molar-refractivity contribution is -0.137. The van der Waals surface area contributed by atoms with Gasteiger partial charge in [0.05, 0.1) is 17.4 Å². The van der Waals surface area contributed by atoms with Crippen molar-refractivity contribution in [1.29, 1.82) is 0 Å². The smallest absolute Gasteiger partial charge is 0.388 e. The summed E-state index contributed by atoms with van der Waals surface area (Å²) in [7, 11) is 1.54. The van der Waals surface area contributed by atoms with Crippen molar-refractivity contribution in [2.45, 2.75) is 76.7 Å². The Bertz CT molecular complexity index is 1290. The van der Waals surface area contributed by atoms with Gasteiger partial charge in [0.25, 0.3) is 0 Å². The van der Waals surface area contributed by atoms with Gasteiger partial charge in [0.15, 0.2) is 0 Å². The fourth-order valence-corrected chi connectivity index (χ4v) is 6.30. The first-order chi connectivity index (χ1) is 18.0. The van der Waals surface area contributed by atoms with Crippen LogP contribution >= 0.6 is 0 Å². The van der Waals surface area contributed by atoms with E-state index < -0.39 is 23.9 Å². The normalized spacial score (nSPS) is 20.4. The number of nitrogens with zero attached hydrogens (tertiary/aromatic N) is 1. The van der Waals surface area contributed by atoms with Crippen molar-refractivity contribution >= 4 is 0 Å². The molecular weight excluding hydrogens is 494 g/mol. The number of hydrogen-bond donors (Lipinski definition) is 1. The van der Waals surface area contributed by atoms with Crippen molar-refractivity contribution in [1.82, 2.24) is 4.98 Å². The van der Waals surface area contributed by atoms with E-state index >= 15 is 0 Å². The predicted octanol–water partition coefficient (Wildman–Crippen LogP) is 8.31. The molecule has 1 N–H and O–H groups in total. The Balaban J connectivity index is 1.80. The Morgan fingerprint density at radius 3 is 2.21 bits per heavy atom. The molecule has 0 amide bonds. The van der Waals surface area contributed by atoms with Gasteiger partial charge in [-0.15, -0.1) is 0 Å². The van der Waals surface area contributed by atoms with Gasteiger partial charge >= 0.3 is 6.18 Å². The third-order valence-corrected chi connectivity index (χ3v) is 8.02. The molecule has 3 nitrogen and oxygen atoms in total.